The Hall–Kier alpha value is -0.130. The van der Waals surface area contributed by atoms with Gasteiger partial charge in [-0.25, -0.2) is 4.98 Å². The number of nitrogens with one attached hydrogen (secondary N) is 1. The van der Waals surface area contributed by atoms with Gasteiger partial charge in [0.05, 0.1) is 17.1 Å². The smallest absolute Gasteiger partial charge is 0.140 e. The van der Waals surface area contributed by atoms with E-state index >= 15 is 0 Å². The molecule has 5 heteroatoms. The van der Waals surface area contributed by atoms with E-state index in [-0.39, 0.29) is 6.04 Å². The molecule has 0 aliphatic rings. The SMILES string of the molecule is COCC(Nc1ncc(Br)cc1Br)C(C)C. The fraction of sp³-hybridized carbons (Fsp3) is 0.545. The molecule has 1 N–H and O–H groups in total. The number of aromatic nitrogens is 1. The molecular weight excluding hydrogens is 336 g/mol. The third-order valence-electron chi connectivity index (χ3n) is 2.28. The van der Waals surface area contributed by atoms with E-state index in [0.29, 0.717) is 12.5 Å². The summed E-state index contributed by atoms with van der Waals surface area (Å²) in [6.07, 6.45) is 1.78. The summed E-state index contributed by atoms with van der Waals surface area (Å²) in [5.41, 5.74) is 0. The molecule has 1 aromatic rings. The summed E-state index contributed by atoms with van der Waals surface area (Å²) in [5, 5.41) is 3.37. The van der Waals surface area contributed by atoms with Crippen molar-refractivity contribution in [2.45, 2.75) is 19.9 Å². The van der Waals surface area contributed by atoms with Gasteiger partial charge >= 0.3 is 0 Å². The Balaban J connectivity index is 2.77. The van der Waals surface area contributed by atoms with E-state index in [4.69, 9.17) is 4.74 Å². The maximum atomic E-state index is 5.19. The maximum absolute atomic E-state index is 5.19. The molecule has 90 valence electrons. The molecular formula is C11H16Br2N2O. The molecule has 0 spiro atoms. The Kier molecular flexibility index (Phi) is 5.72. The third kappa shape index (κ3) is 4.03. The van der Waals surface area contributed by atoms with Crippen molar-refractivity contribution in [3.63, 3.8) is 0 Å². The summed E-state index contributed by atoms with van der Waals surface area (Å²) >= 11 is 6.86. The van der Waals surface area contributed by atoms with Crippen LogP contribution in [-0.4, -0.2) is 24.7 Å². The van der Waals surface area contributed by atoms with Crippen LogP contribution in [0.3, 0.4) is 0 Å². The minimum Gasteiger partial charge on any atom is -0.383 e. The third-order valence-corrected chi connectivity index (χ3v) is 3.32. The Morgan fingerprint density at radius 1 is 1.44 bits per heavy atom. The number of pyridine rings is 1. The zero-order chi connectivity index (χ0) is 12.1. The molecule has 0 bridgehead atoms. The lowest BCUT2D eigenvalue weighted by Gasteiger charge is -2.22. The number of halogens is 2. The number of hydrogen-bond donors (Lipinski definition) is 1. The Morgan fingerprint density at radius 3 is 2.62 bits per heavy atom. The molecule has 0 fully saturated rings. The van der Waals surface area contributed by atoms with Crippen LogP contribution in [0.5, 0.6) is 0 Å². The number of nitrogens with zero attached hydrogens (tertiary/aromatic N) is 1. The summed E-state index contributed by atoms with van der Waals surface area (Å²) < 4.78 is 7.09. The molecule has 0 amide bonds. The van der Waals surface area contributed by atoms with E-state index in [9.17, 15) is 0 Å². The van der Waals surface area contributed by atoms with Gasteiger partial charge in [0.15, 0.2) is 0 Å². The number of ether oxygens (including phenoxy) is 1. The van der Waals surface area contributed by atoms with E-state index in [2.05, 4.69) is 56.0 Å². The van der Waals surface area contributed by atoms with E-state index in [1.54, 1.807) is 13.3 Å². The van der Waals surface area contributed by atoms with Crippen molar-refractivity contribution < 1.29 is 4.74 Å². The van der Waals surface area contributed by atoms with Crippen LogP contribution in [0.2, 0.25) is 0 Å². The summed E-state index contributed by atoms with van der Waals surface area (Å²) in [6, 6.07) is 2.23. The monoisotopic (exact) mass is 350 g/mol. The first kappa shape index (κ1) is 13.9. The average molecular weight is 352 g/mol. The van der Waals surface area contributed by atoms with Gasteiger partial charge in [0.1, 0.15) is 5.82 Å². The molecule has 0 saturated carbocycles. The molecule has 3 nitrogen and oxygen atoms in total. The standard InChI is InChI=1S/C11H16Br2N2O/c1-7(2)10(6-16-3)15-11-9(13)4-8(12)5-14-11/h4-5,7,10H,6H2,1-3H3,(H,14,15). The Bertz CT molecular complexity index is 345. The van der Waals surface area contributed by atoms with E-state index in [0.717, 1.165) is 14.8 Å². The number of anilines is 1. The molecule has 1 atom stereocenters. The van der Waals surface area contributed by atoms with Crippen molar-refractivity contribution in [3.8, 4) is 0 Å². The van der Waals surface area contributed by atoms with E-state index in [1.165, 1.54) is 0 Å². The zero-order valence-corrected chi connectivity index (χ0v) is 12.8. The van der Waals surface area contributed by atoms with Crippen molar-refractivity contribution in [2.75, 3.05) is 19.0 Å². The first-order valence-corrected chi connectivity index (χ1v) is 6.69. The highest BCUT2D eigenvalue weighted by Gasteiger charge is 2.14. The van der Waals surface area contributed by atoms with Crippen molar-refractivity contribution >= 4 is 37.7 Å². The zero-order valence-electron chi connectivity index (χ0n) is 9.63. The normalized spacial score (nSPS) is 12.9. The van der Waals surface area contributed by atoms with Crippen molar-refractivity contribution in [2.24, 2.45) is 5.92 Å². The van der Waals surface area contributed by atoms with Gasteiger partial charge in [0.2, 0.25) is 0 Å². The van der Waals surface area contributed by atoms with Gasteiger partial charge in [0, 0.05) is 17.8 Å². The van der Waals surface area contributed by atoms with Crippen LogP contribution >= 0.6 is 31.9 Å². The maximum Gasteiger partial charge on any atom is 0.140 e. The first-order chi connectivity index (χ1) is 7.54. The Morgan fingerprint density at radius 2 is 2.12 bits per heavy atom. The largest absolute Gasteiger partial charge is 0.383 e. The predicted molar refractivity (Wildman–Crippen MR) is 73.8 cm³/mol. The fourth-order valence-corrected chi connectivity index (χ4v) is 2.38. The van der Waals surface area contributed by atoms with Crippen LogP contribution in [0.1, 0.15) is 13.8 Å². The molecule has 0 aliphatic carbocycles. The molecule has 1 rings (SSSR count). The fourth-order valence-electron chi connectivity index (χ4n) is 1.28. The molecule has 0 saturated heterocycles. The molecule has 0 aliphatic heterocycles. The average Bonchev–Trinajstić information content (AvgIpc) is 2.20. The number of hydrogen-bond acceptors (Lipinski definition) is 3. The summed E-state index contributed by atoms with van der Waals surface area (Å²) in [4.78, 5) is 4.32. The lowest BCUT2D eigenvalue weighted by molar-refractivity contribution is 0.171. The minimum atomic E-state index is 0.259. The van der Waals surface area contributed by atoms with Gasteiger partial charge in [-0.15, -0.1) is 0 Å². The van der Waals surface area contributed by atoms with Gasteiger partial charge in [-0.3, -0.25) is 0 Å². The first-order valence-electron chi connectivity index (χ1n) is 5.11. The quantitative estimate of drug-likeness (QED) is 0.878. The molecule has 0 radical (unpaired) electrons. The minimum absolute atomic E-state index is 0.259. The summed E-state index contributed by atoms with van der Waals surface area (Å²) in [6.45, 7) is 4.98. The highest BCUT2D eigenvalue weighted by atomic mass is 79.9. The Labute approximate surface area is 113 Å². The van der Waals surface area contributed by atoms with Crippen LogP contribution in [-0.2, 0) is 4.74 Å². The van der Waals surface area contributed by atoms with Crippen LogP contribution in [0.15, 0.2) is 21.2 Å². The van der Waals surface area contributed by atoms with Crippen LogP contribution in [0.4, 0.5) is 5.82 Å². The van der Waals surface area contributed by atoms with E-state index < -0.39 is 0 Å². The number of methoxy groups -OCH3 is 1. The second-order valence-electron chi connectivity index (χ2n) is 3.93. The highest BCUT2D eigenvalue weighted by molar-refractivity contribution is 9.11. The molecule has 1 unspecified atom stereocenters. The summed E-state index contributed by atoms with van der Waals surface area (Å²) in [7, 11) is 1.71. The summed E-state index contributed by atoms with van der Waals surface area (Å²) in [5.74, 6) is 1.33. The van der Waals surface area contributed by atoms with Crippen LogP contribution in [0.25, 0.3) is 0 Å². The number of rotatable bonds is 5. The second-order valence-corrected chi connectivity index (χ2v) is 5.70. The van der Waals surface area contributed by atoms with Crippen LogP contribution < -0.4 is 5.32 Å². The molecule has 1 heterocycles. The van der Waals surface area contributed by atoms with Crippen LogP contribution in [0, 0.1) is 5.92 Å². The van der Waals surface area contributed by atoms with Gasteiger partial charge < -0.3 is 10.1 Å². The van der Waals surface area contributed by atoms with Gasteiger partial charge in [-0.1, -0.05) is 13.8 Å². The molecule has 1 aromatic heterocycles. The molecule has 0 aromatic carbocycles. The highest BCUT2D eigenvalue weighted by Crippen LogP contribution is 2.24. The van der Waals surface area contributed by atoms with Crippen molar-refractivity contribution in [1.29, 1.82) is 0 Å². The lowest BCUT2D eigenvalue weighted by Crippen LogP contribution is -2.30. The predicted octanol–water partition coefficient (Wildman–Crippen LogP) is 3.69. The van der Waals surface area contributed by atoms with Gasteiger partial charge in [-0.05, 0) is 43.8 Å². The van der Waals surface area contributed by atoms with Gasteiger partial charge in [-0.2, -0.15) is 0 Å². The lowest BCUT2D eigenvalue weighted by atomic mass is 10.1. The second kappa shape index (κ2) is 6.57. The topological polar surface area (TPSA) is 34.1 Å². The van der Waals surface area contributed by atoms with Crippen molar-refractivity contribution in [1.82, 2.24) is 4.98 Å². The van der Waals surface area contributed by atoms with Crippen molar-refractivity contribution in [3.05, 3.63) is 21.2 Å². The molecule has 16 heavy (non-hydrogen) atoms. The van der Waals surface area contributed by atoms with Gasteiger partial charge in [0.25, 0.3) is 0 Å². The van der Waals surface area contributed by atoms with E-state index in [1.807, 2.05) is 6.07 Å².